The predicted octanol–water partition coefficient (Wildman–Crippen LogP) is 4.48. The van der Waals surface area contributed by atoms with Crippen LogP contribution in [0.15, 0.2) is 42.5 Å². The van der Waals surface area contributed by atoms with Gasteiger partial charge in [-0.3, -0.25) is 9.69 Å². The van der Waals surface area contributed by atoms with E-state index in [2.05, 4.69) is 47.5 Å². The number of ether oxygens (including phenoxy) is 1. The third kappa shape index (κ3) is 4.98. The number of nitrogens with one attached hydrogen (secondary N) is 1. The number of carbonyl (C=O) groups is 1. The van der Waals surface area contributed by atoms with Gasteiger partial charge in [-0.15, -0.1) is 0 Å². The van der Waals surface area contributed by atoms with Gasteiger partial charge in [-0.25, -0.2) is 8.78 Å². The van der Waals surface area contributed by atoms with Crippen molar-refractivity contribution in [1.82, 2.24) is 10.2 Å². The van der Waals surface area contributed by atoms with E-state index in [1.165, 1.54) is 23.6 Å². The van der Waals surface area contributed by atoms with E-state index in [1.54, 1.807) is 0 Å². The molecule has 1 N–H and O–H groups in total. The van der Waals surface area contributed by atoms with Crippen molar-refractivity contribution in [2.45, 2.75) is 51.7 Å². The van der Waals surface area contributed by atoms with Crippen molar-refractivity contribution < 1.29 is 18.3 Å². The molecule has 1 amide bonds. The SMILES string of the molecule is CC(=O)NCc1ccc(CN2Cc3ccc(OCC4CC4(F)F)cc3C(C)C2)cc1. The summed E-state index contributed by atoms with van der Waals surface area (Å²) in [5, 5.41) is 2.81. The van der Waals surface area contributed by atoms with Gasteiger partial charge < -0.3 is 10.1 Å². The van der Waals surface area contributed by atoms with Crippen molar-refractivity contribution in [3.8, 4) is 5.75 Å². The number of amides is 1. The maximum atomic E-state index is 13.0. The molecule has 0 spiro atoms. The number of nitrogens with zero attached hydrogens (tertiary/aromatic N) is 1. The lowest BCUT2D eigenvalue weighted by Gasteiger charge is -2.33. The first-order valence-corrected chi connectivity index (χ1v) is 10.5. The van der Waals surface area contributed by atoms with Crippen LogP contribution < -0.4 is 10.1 Å². The molecule has 0 saturated heterocycles. The summed E-state index contributed by atoms with van der Waals surface area (Å²) in [6, 6.07) is 14.3. The Morgan fingerprint density at radius 2 is 1.90 bits per heavy atom. The third-order valence-corrected chi connectivity index (χ3v) is 5.95. The fourth-order valence-corrected chi connectivity index (χ4v) is 4.07. The highest BCUT2D eigenvalue weighted by Gasteiger charge is 2.57. The number of benzene rings is 2. The Hall–Kier alpha value is -2.47. The molecule has 30 heavy (non-hydrogen) atoms. The maximum Gasteiger partial charge on any atom is 0.255 e. The molecule has 1 heterocycles. The van der Waals surface area contributed by atoms with Gasteiger partial charge in [-0.1, -0.05) is 37.3 Å². The van der Waals surface area contributed by atoms with Crippen LogP contribution in [0.2, 0.25) is 0 Å². The summed E-state index contributed by atoms with van der Waals surface area (Å²) in [5.41, 5.74) is 4.84. The molecule has 2 aromatic carbocycles. The lowest BCUT2D eigenvalue weighted by atomic mass is 9.90. The maximum absolute atomic E-state index is 13.0. The van der Waals surface area contributed by atoms with E-state index in [-0.39, 0.29) is 18.9 Å². The molecule has 1 fully saturated rings. The lowest BCUT2D eigenvalue weighted by Crippen LogP contribution is -2.32. The Morgan fingerprint density at radius 1 is 1.20 bits per heavy atom. The third-order valence-electron chi connectivity index (χ3n) is 5.95. The van der Waals surface area contributed by atoms with Gasteiger partial charge in [-0.2, -0.15) is 0 Å². The van der Waals surface area contributed by atoms with E-state index < -0.39 is 11.8 Å². The minimum Gasteiger partial charge on any atom is -0.493 e. The molecule has 1 saturated carbocycles. The van der Waals surface area contributed by atoms with E-state index in [0.717, 1.165) is 25.2 Å². The van der Waals surface area contributed by atoms with Crippen LogP contribution in [0.5, 0.6) is 5.75 Å². The van der Waals surface area contributed by atoms with Gasteiger partial charge in [0.1, 0.15) is 5.75 Å². The molecule has 4 rings (SSSR count). The molecule has 2 aliphatic rings. The predicted molar refractivity (Wildman–Crippen MR) is 111 cm³/mol. The van der Waals surface area contributed by atoms with Crippen molar-refractivity contribution in [1.29, 1.82) is 0 Å². The topological polar surface area (TPSA) is 41.6 Å². The van der Waals surface area contributed by atoms with Crippen LogP contribution in [-0.2, 0) is 24.4 Å². The smallest absolute Gasteiger partial charge is 0.255 e. The summed E-state index contributed by atoms with van der Waals surface area (Å²) in [4.78, 5) is 13.5. The van der Waals surface area contributed by atoms with Crippen LogP contribution in [-0.4, -0.2) is 29.9 Å². The number of alkyl halides is 2. The number of carbonyl (C=O) groups excluding carboxylic acids is 1. The van der Waals surface area contributed by atoms with E-state index in [9.17, 15) is 13.6 Å². The van der Waals surface area contributed by atoms with Crippen LogP contribution in [0, 0.1) is 5.92 Å². The molecule has 1 aliphatic heterocycles. The van der Waals surface area contributed by atoms with Gasteiger partial charge >= 0.3 is 0 Å². The molecular weight excluding hydrogens is 386 g/mol. The quantitative estimate of drug-likeness (QED) is 0.727. The van der Waals surface area contributed by atoms with E-state index in [4.69, 9.17) is 4.74 Å². The highest BCUT2D eigenvalue weighted by atomic mass is 19.3. The summed E-state index contributed by atoms with van der Waals surface area (Å²) in [6.45, 7) is 7.00. The van der Waals surface area contributed by atoms with E-state index in [0.29, 0.717) is 18.2 Å². The Labute approximate surface area is 176 Å². The second-order valence-electron chi connectivity index (χ2n) is 8.63. The van der Waals surface area contributed by atoms with Crippen LogP contribution >= 0.6 is 0 Å². The molecule has 2 aromatic rings. The number of rotatable bonds is 7. The van der Waals surface area contributed by atoms with Crippen LogP contribution in [0.4, 0.5) is 8.78 Å². The fourth-order valence-electron chi connectivity index (χ4n) is 4.07. The summed E-state index contributed by atoms with van der Waals surface area (Å²) in [5.74, 6) is -2.17. The van der Waals surface area contributed by atoms with Crippen molar-refractivity contribution in [3.05, 3.63) is 64.7 Å². The van der Waals surface area contributed by atoms with Gasteiger partial charge in [0.25, 0.3) is 5.92 Å². The van der Waals surface area contributed by atoms with E-state index in [1.807, 2.05) is 12.1 Å². The van der Waals surface area contributed by atoms with Crippen LogP contribution in [0.3, 0.4) is 0 Å². The van der Waals surface area contributed by atoms with Crippen LogP contribution in [0.25, 0.3) is 0 Å². The summed E-state index contributed by atoms with van der Waals surface area (Å²) in [7, 11) is 0. The lowest BCUT2D eigenvalue weighted by molar-refractivity contribution is -0.119. The van der Waals surface area contributed by atoms with Crippen molar-refractivity contribution in [2.75, 3.05) is 13.2 Å². The van der Waals surface area contributed by atoms with Crippen molar-refractivity contribution >= 4 is 5.91 Å². The molecule has 4 nitrogen and oxygen atoms in total. The Bertz CT molecular complexity index is 914. The molecular formula is C24H28F2N2O2. The van der Waals surface area contributed by atoms with Gasteiger partial charge in [0.05, 0.1) is 12.5 Å². The minimum absolute atomic E-state index is 0.0286. The monoisotopic (exact) mass is 414 g/mol. The van der Waals surface area contributed by atoms with Crippen LogP contribution in [0.1, 0.15) is 48.4 Å². The van der Waals surface area contributed by atoms with Crippen molar-refractivity contribution in [3.63, 3.8) is 0 Å². The number of hydrogen-bond acceptors (Lipinski definition) is 3. The average molecular weight is 414 g/mol. The highest BCUT2D eigenvalue weighted by molar-refractivity contribution is 5.72. The molecule has 160 valence electrons. The minimum atomic E-state index is -2.54. The van der Waals surface area contributed by atoms with Gasteiger partial charge in [0, 0.05) is 39.5 Å². The largest absolute Gasteiger partial charge is 0.493 e. The molecule has 2 atom stereocenters. The second-order valence-corrected chi connectivity index (χ2v) is 8.63. The summed E-state index contributed by atoms with van der Waals surface area (Å²) >= 11 is 0. The standard InChI is InChI=1S/C24H28F2N2O2/c1-16-12-28(13-19-5-3-18(4-6-19)11-27-17(2)29)14-20-7-8-22(9-23(16)20)30-15-21-10-24(21,25)26/h3-9,16,21H,10-15H2,1-2H3,(H,27,29). The average Bonchev–Trinajstić information content (AvgIpc) is 3.32. The van der Waals surface area contributed by atoms with Gasteiger partial charge in [0.2, 0.25) is 5.91 Å². The molecule has 0 aromatic heterocycles. The molecule has 1 aliphatic carbocycles. The zero-order chi connectivity index (χ0) is 21.3. The molecule has 6 heteroatoms. The Morgan fingerprint density at radius 3 is 2.57 bits per heavy atom. The van der Waals surface area contributed by atoms with Gasteiger partial charge in [-0.05, 0) is 40.3 Å². The number of hydrogen-bond donors (Lipinski definition) is 1. The second kappa shape index (κ2) is 8.34. The molecule has 2 unspecified atom stereocenters. The first-order valence-electron chi connectivity index (χ1n) is 10.5. The zero-order valence-corrected chi connectivity index (χ0v) is 17.5. The Balaban J connectivity index is 1.34. The summed E-state index contributed by atoms with van der Waals surface area (Å²) in [6.07, 6.45) is -0.0580. The number of halogens is 2. The zero-order valence-electron chi connectivity index (χ0n) is 17.5. The highest BCUT2D eigenvalue weighted by Crippen LogP contribution is 2.48. The number of fused-ring (bicyclic) bond motifs is 1. The Kier molecular flexibility index (Phi) is 5.78. The van der Waals surface area contributed by atoms with Crippen molar-refractivity contribution in [2.24, 2.45) is 5.92 Å². The van der Waals surface area contributed by atoms with Gasteiger partial charge in [0.15, 0.2) is 0 Å². The molecule has 0 radical (unpaired) electrons. The van der Waals surface area contributed by atoms with E-state index >= 15 is 0 Å². The fraction of sp³-hybridized carbons (Fsp3) is 0.458. The first-order chi connectivity index (χ1) is 14.3. The summed E-state index contributed by atoms with van der Waals surface area (Å²) < 4.78 is 31.7. The molecule has 0 bridgehead atoms. The normalized spacial score (nSPS) is 22.3. The first kappa shape index (κ1) is 20.8.